The van der Waals surface area contributed by atoms with Crippen molar-refractivity contribution in [1.82, 2.24) is 5.32 Å². The number of rotatable bonds is 2. The molecule has 0 radical (unpaired) electrons. The summed E-state index contributed by atoms with van der Waals surface area (Å²) in [6.45, 7) is 4.51. The van der Waals surface area contributed by atoms with Gasteiger partial charge in [-0.2, -0.15) is 0 Å². The van der Waals surface area contributed by atoms with E-state index in [9.17, 15) is 0 Å². The Morgan fingerprint density at radius 1 is 1.00 bits per heavy atom. The average Bonchev–Trinajstić information content (AvgIpc) is 2.49. The molecule has 1 nitrogen and oxygen atoms in total. The van der Waals surface area contributed by atoms with Crippen molar-refractivity contribution in [3.8, 4) is 11.1 Å². The van der Waals surface area contributed by atoms with Crippen molar-refractivity contribution in [3.05, 3.63) is 59.7 Å². The first-order valence-corrected chi connectivity index (χ1v) is 7.22. The minimum Gasteiger partial charge on any atom is -0.316 e. The molecule has 1 aliphatic heterocycles. The van der Waals surface area contributed by atoms with Crippen molar-refractivity contribution < 1.29 is 0 Å². The van der Waals surface area contributed by atoms with Gasteiger partial charge in [0.15, 0.2) is 0 Å². The van der Waals surface area contributed by atoms with E-state index in [1.165, 1.54) is 41.6 Å². The molecule has 98 valence electrons. The lowest BCUT2D eigenvalue weighted by atomic mass is 9.84. The fourth-order valence-electron chi connectivity index (χ4n) is 3.15. The summed E-state index contributed by atoms with van der Waals surface area (Å²) < 4.78 is 0. The van der Waals surface area contributed by atoms with E-state index >= 15 is 0 Å². The van der Waals surface area contributed by atoms with Crippen LogP contribution in [0.15, 0.2) is 48.5 Å². The van der Waals surface area contributed by atoms with Gasteiger partial charge >= 0.3 is 0 Å². The predicted molar refractivity (Wildman–Crippen MR) is 81.5 cm³/mol. The van der Waals surface area contributed by atoms with E-state index in [4.69, 9.17) is 0 Å². The number of hydrogen-bond acceptors (Lipinski definition) is 1. The predicted octanol–water partition coefficient (Wildman–Crippen LogP) is 4.13. The van der Waals surface area contributed by atoms with Gasteiger partial charge in [0.05, 0.1) is 0 Å². The van der Waals surface area contributed by atoms with E-state index in [0.717, 1.165) is 6.54 Å². The second-order valence-corrected chi connectivity index (χ2v) is 5.45. The van der Waals surface area contributed by atoms with Gasteiger partial charge in [0.25, 0.3) is 0 Å². The molecule has 1 N–H and O–H groups in total. The Bertz CT molecular complexity index is 539. The topological polar surface area (TPSA) is 12.0 Å². The smallest absolute Gasteiger partial charge is 0.00203 e. The molecule has 1 unspecified atom stereocenters. The number of nitrogens with one attached hydrogen (secondary N) is 1. The Morgan fingerprint density at radius 3 is 2.58 bits per heavy atom. The molecule has 2 aromatic rings. The molecule has 0 spiro atoms. The lowest BCUT2D eigenvalue weighted by Crippen LogP contribution is -2.28. The van der Waals surface area contributed by atoms with Crippen LogP contribution in [0.2, 0.25) is 0 Å². The number of hydrogen-bond donors (Lipinski definition) is 1. The minimum atomic E-state index is 0.656. The number of aryl methyl sites for hydroxylation is 1. The maximum absolute atomic E-state index is 3.53. The van der Waals surface area contributed by atoms with Gasteiger partial charge in [-0.1, -0.05) is 48.5 Å². The molecule has 19 heavy (non-hydrogen) atoms. The minimum absolute atomic E-state index is 0.656. The highest BCUT2D eigenvalue weighted by Gasteiger charge is 2.19. The van der Waals surface area contributed by atoms with Crippen LogP contribution in [-0.4, -0.2) is 13.1 Å². The van der Waals surface area contributed by atoms with Crippen LogP contribution in [-0.2, 0) is 0 Å². The molecular formula is C18H21N. The molecule has 0 saturated carbocycles. The van der Waals surface area contributed by atoms with Crippen molar-refractivity contribution >= 4 is 0 Å². The molecule has 1 saturated heterocycles. The molecule has 1 atom stereocenters. The van der Waals surface area contributed by atoms with Crippen LogP contribution in [0.25, 0.3) is 11.1 Å². The monoisotopic (exact) mass is 251 g/mol. The van der Waals surface area contributed by atoms with Crippen molar-refractivity contribution in [1.29, 1.82) is 0 Å². The first-order valence-electron chi connectivity index (χ1n) is 7.22. The molecular weight excluding hydrogens is 230 g/mol. The quantitative estimate of drug-likeness (QED) is 0.846. The van der Waals surface area contributed by atoms with E-state index in [1.54, 1.807) is 0 Å². The van der Waals surface area contributed by atoms with Gasteiger partial charge < -0.3 is 5.32 Å². The maximum Gasteiger partial charge on any atom is 0.00203 e. The molecule has 0 amide bonds. The molecule has 0 aromatic heterocycles. The van der Waals surface area contributed by atoms with Crippen molar-refractivity contribution in [2.24, 2.45) is 0 Å². The number of piperidine rings is 1. The summed E-state index contributed by atoms with van der Waals surface area (Å²) in [7, 11) is 0. The van der Waals surface area contributed by atoms with Gasteiger partial charge in [-0.25, -0.2) is 0 Å². The van der Waals surface area contributed by atoms with E-state index in [0.29, 0.717) is 5.92 Å². The molecule has 0 bridgehead atoms. The van der Waals surface area contributed by atoms with Crippen molar-refractivity contribution in [2.45, 2.75) is 25.7 Å². The molecule has 0 aliphatic carbocycles. The van der Waals surface area contributed by atoms with Crippen molar-refractivity contribution in [2.75, 3.05) is 13.1 Å². The standard InChI is InChI=1S/C18H21N/c1-14-7-5-11-17(16-10-6-12-19-13-16)18(14)15-8-3-2-4-9-15/h2-5,7-9,11,16,19H,6,10,12-13H2,1H3. The van der Waals surface area contributed by atoms with E-state index in [1.807, 2.05) is 0 Å². The van der Waals surface area contributed by atoms with Gasteiger partial charge in [0.2, 0.25) is 0 Å². The normalized spacial score (nSPS) is 19.3. The van der Waals surface area contributed by atoms with Gasteiger partial charge in [-0.05, 0) is 54.5 Å². The molecule has 1 fully saturated rings. The molecule has 2 aromatic carbocycles. The van der Waals surface area contributed by atoms with Crippen LogP contribution in [0.1, 0.15) is 29.9 Å². The lowest BCUT2D eigenvalue weighted by Gasteiger charge is -2.26. The molecule has 3 rings (SSSR count). The van der Waals surface area contributed by atoms with E-state index in [-0.39, 0.29) is 0 Å². The second-order valence-electron chi connectivity index (χ2n) is 5.45. The Labute approximate surface area is 115 Å². The third-order valence-electron chi connectivity index (χ3n) is 4.10. The van der Waals surface area contributed by atoms with Gasteiger partial charge in [0, 0.05) is 6.54 Å². The van der Waals surface area contributed by atoms with Crippen LogP contribution in [0.4, 0.5) is 0 Å². The largest absolute Gasteiger partial charge is 0.316 e. The SMILES string of the molecule is Cc1cccc(C2CCCNC2)c1-c1ccccc1. The van der Waals surface area contributed by atoms with Crippen LogP contribution in [0, 0.1) is 6.92 Å². The highest BCUT2D eigenvalue weighted by atomic mass is 14.9. The van der Waals surface area contributed by atoms with Gasteiger partial charge in [-0.3, -0.25) is 0 Å². The summed E-state index contributed by atoms with van der Waals surface area (Å²) in [4.78, 5) is 0. The Hall–Kier alpha value is -1.60. The maximum atomic E-state index is 3.53. The van der Waals surface area contributed by atoms with E-state index in [2.05, 4.69) is 60.8 Å². The Morgan fingerprint density at radius 2 is 1.84 bits per heavy atom. The van der Waals surface area contributed by atoms with Crippen molar-refractivity contribution in [3.63, 3.8) is 0 Å². The third kappa shape index (κ3) is 2.57. The highest BCUT2D eigenvalue weighted by molar-refractivity contribution is 5.71. The van der Waals surface area contributed by atoms with E-state index < -0.39 is 0 Å². The molecule has 1 heteroatoms. The fourth-order valence-corrected chi connectivity index (χ4v) is 3.15. The molecule has 1 heterocycles. The lowest BCUT2D eigenvalue weighted by molar-refractivity contribution is 0.462. The summed E-state index contributed by atoms with van der Waals surface area (Å²) in [5.74, 6) is 0.656. The summed E-state index contributed by atoms with van der Waals surface area (Å²) in [6.07, 6.45) is 2.59. The first kappa shape index (κ1) is 12.4. The summed E-state index contributed by atoms with van der Waals surface area (Å²) in [6, 6.07) is 17.5. The Kier molecular flexibility index (Phi) is 3.65. The Balaban J connectivity index is 2.07. The van der Waals surface area contributed by atoms with Crippen LogP contribution in [0.3, 0.4) is 0 Å². The molecule has 1 aliphatic rings. The van der Waals surface area contributed by atoms with Crippen LogP contribution >= 0.6 is 0 Å². The number of benzene rings is 2. The first-order chi connectivity index (χ1) is 9.36. The zero-order chi connectivity index (χ0) is 13.1. The second kappa shape index (κ2) is 5.58. The van der Waals surface area contributed by atoms with Crippen LogP contribution < -0.4 is 5.32 Å². The zero-order valence-electron chi connectivity index (χ0n) is 11.5. The van der Waals surface area contributed by atoms with Crippen LogP contribution in [0.5, 0.6) is 0 Å². The highest BCUT2D eigenvalue weighted by Crippen LogP contribution is 2.34. The zero-order valence-corrected chi connectivity index (χ0v) is 11.5. The summed E-state index contributed by atoms with van der Waals surface area (Å²) in [5.41, 5.74) is 5.69. The third-order valence-corrected chi connectivity index (χ3v) is 4.10. The average molecular weight is 251 g/mol. The summed E-state index contributed by atoms with van der Waals surface area (Å²) in [5, 5.41) is 3.53. The summed E-state index contributed by atoms with van der Waals surface area (Å²) >= 11 is 0. The fraction of sp³-hybridized carbons (Fsp3) is 0.333. The van der Waals surface area contributed by atoms with Gasteiger partial charge in [-0.15, -0.1) is 0 Å². The van der Waals surface area contributed by atoms with Gasteiger partial charge in [0.1, 0.15) is 0 Å².